The van der Waals surface area contributed by atoms with Crippen LogP contribution in [0.3, 0.4) is 0 Å². The summed E-state index contributed by atoms with van der Waals surface area (Å²) in [6, 6.07) is 6.89. The predicted molar refractivity (Wildman–Crippen MR) is 77.1 cm³/mol. The van der Waals surface area contributed by atoms with Gasteiger partial charge in [0.1, 0.15) is 0 Å². The number of hydrogen-bond acceptors (Lipinski definition) is 2. The summed E-state index contributed by atoms with van der Waals surface area (Å²) in [4.78, 5) is 13.6. The van der Waals surface area contributed by atoms with E-state index in [0.29, 0.717) is 12.6 Å². The highest BCUT2D eigenvalue weighted by atomic mass is 79.9. The second kappa shape index (κ2) is 4.91. The zero-order valence-corrected chi connectivity index (χ0v) is 12.6. The van der Waals surface area contributed by atoms with Crippen molar-refractivity contribution in [1.82, 2.24) is 4.90 Å². The van der Waals surface area contributed by atoms with E-state index < -0.39 is 5.97 Å². The number of carbonyl (C=O) groups is 1. The van der Waals surface area contributed by atoms with Crippen molar-refractivity contribution >= 4 is 21.9 Å². The van der Waals surface area contributed by atoms with Crippen molar-refractivity contribution in [3.05, 3.63) is 33.8 Å². The van der Waals surface area contributed by atoms with Crippen molar-refractivity contribution < 1.29 is 9.90 Å². The van der Waals surface area contributed by atoms with Crippen molar-refractivity contribution in [3.63, 3.8) is 0 Å². The largest absolute Gasteiger partial charge is 0.481 e. The maximum Gasteiger partial charge on any atom is 0.308 e. The Morgan fingerprint density at radius 3 is 2.89 bits per heavy atom. The normalized spacial score (nSPS) is 30.5. The van der Waals surface area contributed by atoms with Crippen molar-refractivity contribution in [1.29, 1.82) is 0 Å². The number of hydrogen-bond donors (Lipinski definition) is 1. The quantitative estimate of drug-likeness (QED) is 0.909. The first-order valence-corrected chi connectivity index (χ1v) is 7.60. The van der Waals surface area contributed by atoms with Gasteiger partial charge in [0, 0.05) is 23.6 Å². The molecule has 0 spiro atoms. The fourth-order valence-corrected chi connectivity index (χ4v) is 3.93. The molecule has 3 nitrogen and oxygen atoms in total. The summed E-state index contributed by atoms with van der Waals surface area (Å²) >= 11 is 3.52. The molecule has 3 unspecified atom stereocenters. The van der Waals surface area contributed by atoms with Crippen LogP contribution in [0, 0.1) is 11.8 Å². The first kappa shape index (κ1) is 13.1. The van der Waals surface area contributed by atoms with E-state index in [1.54, 1.807) is 0 Å². The number of rotatable bonds is 2. The molecule has 19 heavy (non-hydrogen) atoms. The summed E-state index contributed by atoms with van der Waals surface area (Å²) in [7, 11) is 0. The molecule has 2 aliphatic rings. The first-order valence-electron chi connectivity index (χ1n) is 6.81. The Balaban J connectivity index is 1.81. The summed E-state index contributed by atoms with van der Waals surface area (Å²) in [6.07, 6.45) is 2.22. The molecule has 1 fully saturated rings. The van der Waals surface area contributed by atoms with E-state index in [2.05, 4.69) is 46.0 Å². The molecular formula is C15H18BrNO2. The maximum atomic E-state index is 11.2. The molecule has 0 saturated carbocycles. The van der Waals surface area contributed by atoms with Crippen LogP contribution in [-0.2, 0) is 11.2 Å². The van der Waals surface area contributed by atoms with Crippen LogP contribution in [0.25, 0.3) is 0 Å². The summed E-state index contributed by atoms with van der Waals surface area (Å²) in [5.74, 6) is -0.611. The lowest BCUT2D eigenvalue weighted by atomic mass is 9.99. The van der Waals surface area contributed by atoms with Gasteiger partial charge < -0.3 is 5.11 Å². The van der Waals surface area contributed by atoms with Crippen LogP contribution < -0.4 is 0 Å². The van der Waals surface area contributed by atoms with Crippen molar-refractivity contribution in [2.24, 2.45) is 11.8 Å². The van der Waals surface area contributed by atoms with E-state index in [1.165, 1.54) is 11.1 Å². The molecule has 1 N–H and O–H groups in total. The summed E-state index contributed by atoms with van der Waals surface area (Å²) in [5.41, 5.74) is 2.80. The number of nitrogens with zero attached hydrogens (tertiary/aromatic N) is 1. The zero-order chi connectivity index (χ0) is 13.6. The van der Waals surface area contributed by atoms with Gasteiger partial charge in [-0.3, -0.25) is 9.69 Å². The highest BCUT2D eigenvalue weighted by Gasteiger charge is 2.39. The van der Waals surface area contributed by atoms with Crippen molar-refractivity contribution in [3.8, 4) is 0 Å². The van der Waals surface area contributed by atoms with Crippen molar-refractivity contribution in [2.45, 2.75) is 25.8 Å². The Labute approximate surface area is 121 Å². The van der Waals surface area contributed by atoms with Crippen molar-refractivity contribution in [2.75, 3.05) is 13.1 Å². The smallest absolute Gasteiger partial charge is 0.308 e. The molecule has 1 aliphatic heterocycles. The average molecular weight is 324 g/mol. The topological polar surface area (TPSA) is 40.5 Å². The minimum atomic E-state index is -0.649. The van der Waals surface area contributed by atoms with E-state index in [4.69, 9.17) is 0 Å². The number of aliphatic carboxylic acids is 1. The second-order valence-corrected chi connectivity index (χ2v) is 6.69. The van der Waals surface area contributed by atoms with Gasteiger partial charge in [0.05, 0.1) is 5.92 Å². The Morgan fingerprint density at radius 1 is 1.42 bits per heavy atom. The van der Waals surface area contributed by atoms with Gasteiger partial charge >= 0.3 is 5.97 Å². The third-order valence-corrected chi connectivity index (χ3v) is 5.04. The minimum Gasteiger partial charge on any atom is -0.481 e. The highest BCUT2D eigenvalue weighted by Crippen LogP contribution is 2.40. The van der Waals surface area contributed by atoms with Gasteiger partial charge in [-0.15, -0.1) is 0 Å². The molecule has 4 heteroatoms. The predicted octanol–water partition coefficient (Wildman–Crippen LogP) is 3.09. The van der Waals surface area contributed by atoms with E-state index in [9.17, 15) is 9.90 Å². The van der Waals surface area contributed by atoms with Crippen LogP contribution in [0.4, 0.5) is 0 Å². The third-order valence-electron chi connectivity index (χ3n) is 4.55. The maximum absolute atomic E-state index is 11.2. The van der Waals surface area contributed by atoms with Crippen LogP contribution in [0.15, 0.2) is 22.7 Å². The van der Waals surface area contributed by atoms with Crippen LogP contribution in [0.2, 0.25) is 0 Å². The fraction of sp³-hybridized carbons (Fsp3) is 0.533. The standard InChI is InChI=1S/C15H18BrNO2/c1-9-7-17(8-13(9)15(18)19)14-5-2-10-6-11(16)3-4-12(10)14/h3-4,6,9,13-14H,2,5,7-8H2,1H3,(H,18,19). The Bertz CT molecular complexity index is 517. The van der Waals surface area contributed by atoms with Gasteiger partial charge in [0.25, 0.3) is 0 Å². The minimum absolute atomic E-state index is 0.209. The van der Waals surface area contributed by atoms with Crippen LogP contribution in [-0.4, -0.2) is 29.1 Å². The molecule has 0 amide bonds. The second-order valence-electron chi connectivity index (χ2n) is 5.77. The van der Waals surface area contributed by atoms with Gasteiger partial charge in [-0.25, -0.2) is 0 Å². The Morgan fingerprint density at radius 2 is 2.21 bits per heavy atom. The van der Waals surface area contributed by atoms with Crippen LogP contribution >= 0.6 is 15.9 Å². The van der Waals surface area contributed by atoms with Crippen LogP contribution in [0.1, 0.15) is 30.5 Å². The molecule has 1 aromatic carbocycles. The van der Waals surface area contributed by atoms with E-state index in [0.717, 1.165) is 23.9 Å². The number of benzene rings is 1. The van der Waals surface area contributed by atoms with E-state index in [1.807, 2.05) is 0 Å². The lowest BCUT2D eigenvalue weighted by Gasteiger charge is -2.24. The SMILES string of the molecule is CC1CN(C2CCc3cc(Br)ccc32)CC1C(=O)O. The van der Waals surface area contributed by atoms with Gasteiger partial charge in [-0.05, 0) is 42.0 Å². The number of fused-ring (bicyclic) bond motifs is 1. The lowest BCUT2D eigenvalue weighted by Crippen LogP contribution is -2.26. The molecular weight excluding hydrogens is 306 g/mol. The van der Waals surface area contributed by atoms with Crippen LogP contribution in [0.5, 0.6) is 0 Å². The summed E-state index contributed by atoms with van der Waals surface area (Å²) in [6.45, 7) is 3.64. The molecule has 3 rings (SSSR count). The average Bonchev–Trinajstić information content (AvgIpc) is 2.91. The fourth-order valence-electron chi connectivity index (χ4n) is 3.52. The summed E-state index contributed by atoms with van der Waals surface area (Å²) < 4.78 is 1.13. The molecule has 1 aliphatic carbocycles. The Kier molecular flexibility index (Phi) is 3.39. The van der Waals surface area contributed by atoms with E-state index >= 15 is 0 Å². The molecule has 102 valence electrons. The molecule has 3 atom stereocenters. The molecule has 0 bridgehead atoms. The number of aryl methyl sites for hydroxylation is 1. The first-order chi connectivity index (χ1) is 9.06. The number of likely N-dealkylation sites (tertiary alicyclic amines) is 1. The van der Waals surface area contributed by atoms with Gasteiger partial charge in [-0.1, -0.05) is 28.9 Å². The number of carboxylic acid groups (broad SMARTS) is 1. The van der Waals surface area contributed by atoms with Gasteiger partial charge in [0.2, 0.25) is 0 Å². The number of carboxylic acids is 1. The zero-order valence-electron chi connectivity index (χ0n) is 11.0. The molecule has 0 aromatic heterocycles. The monoisotopic (exact) mass is 323 g/mol. The molecule has 1 saturated heterocycles. The molecule has 1 heterocycles. The van der Waals surface area contributed by atoms with E-state index in [-0.39, 0.29) is 11.8 Å². The molecule has 1 aromatic rings. The molecule has 0 radical (unpaired) electrons. The lowest BCUT2D eigenvalue weighted by molar-refractivity contribution is -0.142. The van der Waals surface area contributed by atoms with Gasteiger partial charge in [0.15, 0.2) is 0 Å². The third kappa shape index (κ3) is 2.32. The summed E-state index contributed by atoms with van der Waals surface area (Å²) in [5, 5.41) is 9.24. The Hall–Kier alpha value is -0.870. The highest BCUT2D eigenvalue weighted by molar-refractivity contribution is 9.10. The van der Waals surface area contributed by atoms with Gasteiger partial charge in [-0.2, -0.15) is 0 Å². The number of halogens is 1.